The fourth-order valence-electron chi connectivity index (χ4n) is 2.69. The lowest BCUT2D eigenvalue weighted by molar-refractivity contribution is -0.158. The van der Waals surface area contributed by atoms with E-state index >= 15 is 0 Å². The summed E-state index contributed by atoms with van der Waals surface area (Å²) in [6, 6.07) is 1.14. The lowest BCUT2D eigenvalue weighted by Crippen LogP contribution is -2.22. The Morgan fingerprint density at radius 2 is 1.81 bits per heavy atom. The molecule has 0 atom stereocenters. The summed E-state index contributed by atoms with van der Waals surface area (Å²) in [5, 5.41) is 8.17. The lowest BCUT2D eigenvalue weighted by Gasteiger charge is -2.24. The second-order valence-electron chi connectivity index (χ2n) is 7.25. The molecule has 1 aromatic rings. The number of halogens is 3. The van der Waals surface area contributed by atoms with Gasteiger partial charge in [0.05, 0.1) is 21.7 Å². The first-order valence-electron chi connectivity index (χ1n) is 8.31. The average Bonchev–Trinajstić information content (AvgIpc) is 3.35. The van der Waals surface area contributed by atoms with Crippen LogP contribution in [0.3, 0.4) is 0 Å². The third-order valence-corrected chi connectivity index (χ3v) is 5.32. The number of benzene rings is 1. The standard InChI is InChI=1S/C18H19Cl3O6/c1-18(2,8-9-3-4-9)5-6-26-16(24)12-13(21)10(19)7-11(20)14(12)27-17(25)15(22)23/h7,9H,3-6,8H2,1-2H3,(H,22,23). The van der Waals surface area contributed by atoms with Crippen molar-refractivity contribution >= 4 is 52.7 Å². The Morgan fingerprint density at radius 3 is 2.37 bits per heavy atom. The van der Waals surface area contributed by atoms with Gasteiger partial charge in [-0.25, -0.2) is 14.4 Å². The summed E-state index contributed by atoms with van der Waals surface area (Å²) >= 11 is 17.9. The van der Waals surface area contributed by atoms with Crippen LogP contribution in [0.2, 0.25) is 15.1 Å². The van der Waals surface area contributed by atoms with Crippen LogP contribution < -0.4 is 4.74 Å². The van der Waals surface area contributed by atoms with Gasteiger partial charge in [0.25, 0.3) is 0 Å². The summed E-state index contributed by atoms with van der Waals surface area (Å²) in [5.41, 5.74) is -0.376. The maximum atomic E-state index is 12.5. The summed E-state index contributed by atoms with van der Waals surface area (Å²) < 4.78 is 9.95. The molecule has 0 saturated heterocycles. The number of carboxylic acids is 1. The molecule has 6 nitrogen and oxygen atoms in total. The number of carbonyl (C=O) groups excluding carboxylic acids is 2. The number of aliphatic carboxylic acids is 1. The van der Waals surface area contributed by atoms with Gasteiger partial charge in [0.2, 0.25) is 0 Å². The average molecular weight is 438 g/mol. The Morgan fingerprint density at radius 1 is 1.19 bits per heavy atom. The number of ether oxygens (including phenoxy) is 2. The molecule has 1 aliphatic rings. The Hall–Kier alpha value is -1.50. The number of hydrogen-bond acceptors (Lipinski definition) is 5. The van der Waals surface area contributed by atoms with E-state index in [1.807, 2.05) is 0 Å². The summed E-state index contributed by atoms with van der Waals surface area (Å²) in [7, 11) is 0. The van der Waals surface area contributed by atoms with E-state index in [0.717, 1.165) is 18.4 Å². The van der Waals surface area contributed by atoms with Crippen molar-refractivity contribution < 1.29 is 29.0 Å². The van der Waals surface area contributed by atoms with Crippen LogP contribution >= 0.6 is 34.8 Å². The van der Waals surface area contributed by atoms with E-state index in [9.17, 15) is 14.4 Å². The zero-order valence-corrected chi connectivity index (χ0v) is 17.1. The van der Waals surface area contributed by atoms with E-state index in [1.54, 1.807) is 0 Å². The van der Waals surface area contributed by atoms with Gasteiger partial charge in [-0.05, 0) is 30.2 Å². The van der Waals surface area contributed by atoms with Gasteiger partial charge in [0, 0.05) is 0 Å². The molecule has 0 bridgehead atoms. The molecule has 9 heteroatoms. The minimum atomic E-state index is -1.85. The largest absolute Gasteiger partial charge is 0.473 e. The smallest absolute Gasteiger partial charge is 0.422 e. The second-order valence-corrected chi connectivity index (χ2v) is 8.44. The van der Waals surface area contributed by atoms with Crippen LogP contribution in [0.1, 0.15) is 49.9 Å². The van der Waals surface area contributed by atoms with E-state index in [4.69, 9.17) is 44.6 Å². The van der Waals surface area contributed by atoms with Crippen LogP contribution in [0.4, 0.5) is 0 Å². The molecule has 27 heavy (non-hydrogen) atoms. The van der Waals surface area contributed by atoms with Gasteiger partial charge in [0.1, 0.15) is 5.56 Å². The number of hydrogen-bond donors (Lipinski definition) is 1. The molecule has 1 fully saturated rings. The first-order chi connectivity index (χ1) is 12.5. The van der Waals surface area contributed by atoms with Gasteiger partial charge in [-0.1, -0.05) is 61.5 Å². The Bertz CT molecular complexity index is 771. The van der Waals surface area contributed by atoms with Gasteiger partial charge < -0.3 is 14.6 Å². The van der Waals surface area contributed by atoms with Crippen molar-refractivity contribution in [3.8, 4) is 5.75 Å². The number of esters is 2. The predicted octanol–water partition coefficient (Wildman–Crippen LogP) is 5.01. The van der Waals surface area contributed by atoms with Crippen LogP contribution in [0, 0.1) is 11.3 Å². The first-order valence-corrected chi connectivity index (χ1v) is 9.45. The van der Waals surface area contributed by atoms with Crippen LogP contribution in [0.15, 0.2) is 6.07 Å². The van der Waals surface area contributed by atoms with Crippen molar-refractivity contribution in [3.05, 3.63) is 26.7 Å². The quantitative estimate of drug-likeness (QED) is 0.279. The fraction of sp³-hybridized carbons (Fsp3) is 0.500. The van der Waals surface area contributed by atoms with Crippen molar-refractivity contribution in [3.63, 3.8) is 0 Å². The highest BCUT2D eigenvalue weighted by Gasteiger charge is 2.31. The van der Waals surface area contributed by atoms with Gasteiger partial charge in [-0.15, -0.1) is 0 Å². The summed E-state index contributed by atoms with van der Waals surface area (Å²) in [6.07, 6.45) is 4.15. The SMILES string of the molecule is CC(C)(CCOC(=O)c1c(Cl)c(Cl)cc(Cl)c1OC(=O)C(=O)O)CC1CC1. The first kappa shape index (κ1) is 21.8. The summed E-state index contributed by atoms with van der Waals surface area (Å²) in [4.78, 5) is 34.6. The van der Waals surface area contributed by atoms with E-state index in [0.29, 0.717) is 6.42 Å². The number of carboxylic acid groups (broad SMARTS) is 1. The normalized spacial score (nSPS) is 14.0. The number of rotatable bonds is 7. The molecule has 0 radical (unpaired) electrons. The highest BCUT2D eigenvalue weighted by molar-refractivity contribution is 6.46. The monoisotopic (exact) mass is 436 g/mol. The molecule has 2 rings (SSSR count). The van der Waals surface area contributed by atoms with Gasteiger partial charge in [-0.3, -0.25) is 0 Å². The van der Waals surface area contributed by atoms with Crippen molar-refractivity contribution in [2.75, 3.05) is 6.61 Å². The highest BCUT2D eigenvalue weighted by Crippen LogP contribution is 2.42. The molecular formula is C18H19Cl3O6. The van der Waals surface area contributed by atoms with E-state index < -0.39 is 23.7 Å². The van der Waals surface area contributed by atoms with Crippen molar-refractivity contribution in [2.24, 2.45) is 11.3 Å². The topological polar surface area (TPSA) is 89.9 Å². The zero-order valence-electron chi connectivity index (χ0n) is 14.8. The summed E-state index contributed by atoms with van der Waals surface area (Å²) in [6.45, 7) is 4.32. The molecule has 1 saturated carbocycles. The zero-order chi connectivity index (χ0) is 20.4. The Kier molecular flexibility index (Phi) is 7.00. The van der Waals surface area contributed by atoms with Crippen molar-refractivity contribution in [2.45, 2.75) is 39.5 Å². The van der Waals surface area contributed by atoms with E-state index in [-0.39, 0.29) is 32.7 Å². The molecule has 0 unspecified atom stereocenters. The number of carbonyl (C=O) groups is 3. The third-order valence-electron chi connectivity index (χ3n) is 4.25. The molecule has 0 aromatic heterocycles. The molecule has 0 amide bonds. The maximum absolute atomic E-state index is 12.5. The fourth-order valence-corrected chi connectivity index (χ4v) is 3.41. The molecule has 1 N–H and O–H groups in total. The van der Waals surface area contributed by atoms with Gasteiger partial charge in [0.15, 0.2) is 5.75 Å². The second kappa shape index (κ2) is 8.67. The van der Waals surface area contributed by atoms with Crippen molar-refractivity contribution in [1.82, 2.24) is 0 Å². The van der Waals surface area contributed by atoms with Gasteiger partial charge >= 0.3 is 17.9 Å². The highest BCUT2D eigenvalue weighted by atomic mass is 35.5. The third kappa shape index (κ3) is 5.99. The molecule has 0 spiro atoms. The minimum Gasteiger partial charge on any atom is -0.473 e. The van der Waals surface area contributed by atoms with Gasteiger partial charge in [-0.2, -0.15) is 0 Å². The molecule has 0 aliphatic heterocycles. The molecule has 1 aromatic carbocycles. The van der Waals surface area contributed by atoms with Crippen LogP contribution in [-0.4, -0.2) is 29.6 Å². The van der Waals surface area contributed by atoms with Crippen LogP contribution in [0.25, 0.3) is 0 Å². The molecular weight excluding hydrogens is 419 g/mol. The predicted molar refractivity (Wildman–Crippen MR) is 101 cm³/mol. The summed E-state index contributed by atoms with van der Waals surface area (Å²) in [5.74, 6) is -4.13. The van der Waals surface area contributed by atoms with E-state index in [1.165, 1.54) is 12.8 Å². The minimum absolute atomic E-state index is 0.00974. The van der Waals surface area contributed by atoms with Crippen LogP contribution in [0.5, 0.6) is 5.75 Å². The maximum Gasteiger partial charge on any atom is 0.422 e. The molecule has 0 heterocycles. The Labute approximate surface area is 171 Å². The van der Waals surface area contributed by atoms with Crippen molar-refractivity contribution in [1.29, 1.82) is 0 Å². The Balaban J connectivity index is 2.15. The molecule has 148 valence electrons. The molecule has 1 aliphatic carbocycles. The lowest BCUT2D eigenvalue weighted by atomic mass is 9.84. The van der Waals surface area contributed by atoms with Crippen LogP contribution in [-0.2, 0) is 14.3 Å². The van der Waals surface area contributed by atoms with E-state index in [2.05, 4.69) is 18.6 Å².